The van der Waals surface area contributed by atoms with E-state index >= 15 is 0 Å². The first kappa shape index (κ1) is 46.5. The minimum atomic E-state index is -1.76. The zero-order valence-corrected chi connectivity index (χ0v) is 39.5. The van der Waals surface area contributed by atoms with E-state index in [1.54, 1.807) is 5.67 Å². The summed E-state index contributed by atoms with van der Waals surface area (Å²) in [6.45, 7) is 38.0. The zero-order valence-electron chi connectivity index (χ0n) is 28.3. The summed E-state index contributed by atoms with van der Waals surface area (Å²) in [5.41, 5.74) is 9.94. The smallest absolute Gasteiger partial charge is 0.167 e. The summed E-state index contributed by atoms with van der Waals surface area (Å²) in [5.74, 6) is 0. The molecule has 0 rings (SSSR count). The van der Waals surface area contributed by atoms with E-state index in [0.717, 1.165) is 27.8 Å². The van der Waals surface area contributed by atoms with Gasteiger partial charge in [-0.25, -0.2) is 0 Å². The number of hydrogen-bond donors (Lipinski definition) is 0. The van der Waals surface area contributed by atoms with Gasteiger partial charge in [-0.1, -0.05) is 139 Å². The van der Waals surface area contributed by atoms with Crippen molar-refractivity contribution in [2.75, 3.05) is 0 Å². The van der Waals surface area contributed by atoms with Crippen LogP contribution in [0.15, 0.2) is 0 Å². The Morgan fingerprint density at radius 2 is 0.615 bits per heavy atom. The Morgan fingerprint density at radius 3 is 0.718 bits per heavy atom. The first-order valence-corrected chi connectivity index (χ1v) is 35.0. The molecule has 0 heterocycles. The molecule has 39 heavy (non-hydrogen) atoms. The average molecular weight is 772 g/mol. The van der Waals surface area contributed by atoms with Crippen LogP contribution in [0.3, 0.4) is 0 Å². The van der Waals surface area contributed by atoms with Gasteiger partial charge in [0.2, 0.25) is 14.8 Å². The minimum absolute atomic E-state index is 0.489. The van der Waals surface area contributed by atoms with E-state index in [1.165, 1.54) is 0 Å². The van der Waals surface area contributed by atoms with Crippen LogP contribution in [0.25, 0.3) is 0 Å². The van der Waals surface area contributed by atoms with E-state index < -0.39 is 47.2 Å². The third-order valence-electron chi connectivity index (χ3n) is 8.71. The molecule has 0 bridgehead atoms. The fraction of sp³-hybridized carbons (Fsp3) is 1.00. The maximum atomic E-state index is 7.07. The molecule has 0 atom stereocenters. The molecule has 0 spiro atoms. The fourth-order valence-electron chi connectivity index (χ4n) is 5.64. The molecule has 0 unspecified atom stereocenters. The van der Waals surface area contributed by atoms with Gasteiger partial charge in [0.15, 0.2) is 14.8 Å². The van der Waals surface area contributed by atoms with E-state index in [9.17, 15) is 0 Å². The van der Waals surface area contributed by atoms with Crippen LogP contribution in [-0.4, -0.2) is 47.2 Å². The van der Waals surface area contributed by atoms with E-state index in [-0.39, 0.29) is 0 Å². The lowest BCUT2D eigenvalue weighted by atomic mass is 10.5. The predicted octanol–water partition coefficient (Wildman–Crippen LogP) is 13.1. The quantitative estimate of drug-likeness (QED) is 0.122. The second-order valence-corrected chi connectivity index (χ2v) is 49.2. The molecule has 0 saturated heterocycles. The predicted molar refractivity (Wildman–Crippen MR) is 210 cm³/mol. The standard InChI is InChI=1S/C13H30Cl2Si2.C13H32Si2.CH4Cl4Si2/c1-10(2)16(14,11(3)4)9-17(15,12(5)6)13(7)8;1-10(2)14(11(3)4)9-15(12(5)6)13(7)8;2-6(3)1-7(4)5/h10-13H,9H2,1-8H3;10-15H,9H2,1-8H3;6-7H,1H2. The summed E-state index contributed by atoms with van der Waals surface area (Å²) < 4.78 is 0. The first-order chi connectivity index (χ1) is 17.4. The molecular formula is C27H66Cl6Si6. The molecule has 0 fully saturated rings. The molecule has 0 nitrogen and oxygen atoms in total. The van der Waals surface area contributed by atoms with Gasteiger partial charge in [0.05, 0.1) is 0 Å². The van der Waals surface area contributed by atoms with Gasteiger partial charge in [0.1, 0.15) is 0 Å². The van der Waals surface area contributed by atoms with Crippen molar-refractivity contribution < 1.29 is 0 Å². The third-order valence-corrected chi connectivity index (χ3v) is 48.8. The van der Waals surface area contributed by atoms with Crippen LogP contribution >= 0.6 is 66.5 Å². The van der Waals surface area contributed by atoms with Gasteiger partial charge in [0.25, 0.3) is 0 Å². The van der Waals surface area contributed by atoms with Crippen LogP contribution in [0.2, 0.25) is 61.3 Å². The summed E-state index contributed by atoms with van der Waals surface area (Å²) in [6.07, 6.45) is 0. The largest absolute Gasteiger partial charge is 0.236 e. The molecule has 0 N–H and O–H groups in total. The summed E-state index contributed by atoms with van der Waals surface area (Å²) >= 11 is 35.9. The number of rotatable bonds is 14. The summed E-state index contributed by atoms with van der Waals surface area (Å²) in [6, 6.07) is 0. The Balaban J connectivity index is -0.000000539. The molecule has 0 aromatic heterocycles. The van der Waals surface area contributed by atoms with Crippen LogP contribution < -0.4 is 0 Å². The van der Waals surface area contributed by atoms with Gasteiger partial charge in [-0.3, -0.25) is 0 Å². The van der Waals surface area contributed by atoms with Crippen molar-refractivity contribution >= 4 is 114 Å². The lowest BCUT2D eigenvalue weighted by molar-refractivity contribution is 0.891. The SMILES string of the molecule is CC(C)[SiH](C[SiH](C(C)C)C(C)C)C(C)C.CC(C)[Si](Cl)(C[Si](Cl)(C(C)C)C(C)C)C(C)C.Cl[SiH](Cl)C[SiH](Cl)Cl. The second-order valence-electron chi connectivity index (χ2n) is 14.2. The molecule has 240 valence electrons. The van der Waals surface area contributed by atoms with Gasteiger partial charge in [-0.05, 0) is 33.5 Å². The third kappa shape index (κ3) is 19.2. The van der Waals surface area contributed by atoms with Crippen LogP contribution in [0.5, 0.6) is 0 Å². The van der Waals surface area contributed by atoms with Crippen LogP contribution in [0.4, 0.5) is 0 Å². The Bertz CT molecular complexity index is 521. The maximum absolute atomic E-state index is 7.07. The van der Waals surface area contributed by atoms with Crippen LogP contribution in [0, 0.1) is 0 Å². The highest BCUT2D eigenvalue weighted by molar-refractivity contribution is 7.44. The highest BCUT2D eigenvalue weighted by Crippen LogP contribution is 2.49. The van der Waals surface area contributed by atoms with Gasteiger partial charge < -0.3 is 0 Å². The normalized spacial score (nSPS) is 13.4. The van der Waals surface area contributed by atoms with Gasteiger partial charge >= 0.3 is 0 Å². The summed E-state index contributed by atoms with van der Waals surface area (Å²) in [7, 11) is -7.48. The molecule has 0 aliphatic carbocycles. The first-order valence-electron chi connectivity index (χ1n) is 15.3. The van der Waals surface area contributed by atoms with Crippen molar-refractivity contribution in [2.24, 2.45) is 0 Å². The van der Waals surface area contributed by atoms with Crippen molar-refractivity contribution in [1.82, 2.24) is 0 Å². The average Bonchev–Trinajstić information content (AvgIpc) is 2.72. The molecule has 0 saturated carbocycles. The highest BCUT2D eigenvalue weighted by atomic mass is 35.7. The molecule has 0 radical (unpaired) electrons. The Hall–Kier alpha value is 3.04. The lowest BCUT2D eigenvalue weighted by Crippen LogP contribution is -2.48. The molecule has 0 aliphatic heterocycles. The van der Waals surface area contributed by atoms with Crippen molar-refractivity contribution in [3.05, 3.63) is 0 Å². The van der Waals surface area contributed by atoms with E-state index in [1.807, 2.05) is 0 Å². The molecule has 0 amide bonds. The van der Waals surface area contributed by atoms with Gasteiger partial charge in [-0.2, -0.15) is 66.5 Å². The number of hydrogen-bond acceptors (Lipinski definition) is 0. The summed E-state index contributed by atoms with van der Waals surface area (Å²) in [5, 5.41) is 0. The van der Waals surface area contributed by atoms with E-state index in [0.29, 0.717) is 27.8 Å². The highest BCUT2D eigenvalue weighted by Gasteiger charge is 2.49. The van der Waals surface area contributed by atoms with Gasteiger partial charge in [0, 0.05) is 17.6 Å². The van der Waals surface area contributed by atoms with Crippen molar-refractivity contribution in [3.63, 3.8) is 0 Å². The fourth-order valence-corrected chi connectivity index (χ4v) is 47.8. The van der Waals surface area contributed by atoms with E-state index in [2.05, 4.69) is 111 Å². The second kappa shape index (κ2) is 22.5. The number of halogens is 6. The van der Waals surface area contributed by atoms with Crippen LogP contribution in [-0.2, 0) is 0 Å². The molecule has 12 heteroatoms. The van der Waals surface area contributed by atoms with Crippen molar-refractivity contribution in [1.29, 1.82) is 0 Å². The minimum Gasteiger partial charge on any atom is -0.167 e. The zero-order chi connectivity index (χ0) is 32.0. The van der Waals surface area contributed by atoms with Gasteiger partial charge in [-0.15, -0.1) is 0 Å². The van der Waals surface area contributed by atoms with Crippen molar-refractivity contribution in [3.8, 4) is 0 Å². The molecular weight excluding hydrogens is 706 g/mol. The Morgan fingerprint density at radius 1 is 0.410 bits per heavy atom. The van der Waals surface area contributed by atoms with Crippen molar-refractivity contribution in [2.45, 2.75) is 172 Å². The monoisotopic (exact) mass is 768 g/mol. The molecule has 0 aromatic carbocycles. The Labute approximate surface area is 283 Å². The molecule has 0 aromatic rings. The Kier molecular flexibility index (Phi) is 26.8. The lowest BCUT2D eigenvalue weighted by Gasteiger charge is -2.42. The van der Waals surface area contributed by atoms with E-state index in [4.69, 9.17) is 66.5 Å². The molecule has 0 aliphatic rings. The topological polar surface area (TPSA) is 0 Å². The summed E-state index contributed by atoms with van der Waals surface area (Å²) in [4.78, 5) is 0. The van der Waals surface area contributed by atoms with Crippen LogP contribution in [0.1, 0.15) is 111 Å². The maximum Gasteiger partial charge on any atom is 0.236 e.